The molecule has 0 aromatic heterocycles. The third kappa shape index (κ3) is 4.99. The molecule has 2 aliphatic heterocycles. The molecule has 1 saturated heterocycles. The molecular formula is C22H37N3O. The molecule has 26 heavy (non-hydrogen) atoms. The lowest BCUT2D eigenvalue weighted by atomic mass is 9.93. The molecule has 2 atom stereocenters. The number of phenolic OH excluding ortho intramolecular Hbond substituents is 1. The largest absolute Gasteiger partial charge is 0.508 e. The summed E-state index contributed by atoms with van der Waals surface area (Å²) in [4.78, 5) is 5.08. The van der Waals surface area contributed by atoms with Crippen molar-refractivity contribution >= 4 is 0 Å². The Labute approximate surface area is 159 Å². The van der Waals surface area contributed by atoms with Crippen LogP contribution >= 0.6 is 0 Å². The average Bonchev–Trinajstić information content (AvgIpc) is 2.60. The number of fused-ring (bicyclic) bond motifs is 1. The maximum absolute atomic E-state index is 9.71. The maximum atomic E-state index is 9.71. The maximum Gasteiger partial charge on any atom is 0.115 e. The van der Waals surface area contributed by atoms with Crippen LogP contribution < -0.4 is 5.32 Å². The van der Waals surface area contributed by atoms with Crippen LogP contribution in [0.4, 0.5) is 0 Å². The number of benzene rings is 1. The van der Waals surface area contributed by atoms with Crippen molar-refractivity contribution in [2.45, 2.75) is 58.7 Å². The van der Waals surface area contributed by atoms with Crippen LogP contribution in [0.2, 0.25) is 0 Å². The smallest absolute Gasteiger partial charge is 0.115 e. The Kier molecular flexibility index (Phi) is 6.60. The van der Waals surface area contributed by atoms with E-state index in [1.807, 2.05) is 12.1 Å². The second-order valence-corrected chi connectivity index (χ2v) is 8.97. The highest BCUT2D eigenvalue weighted by molar-refractivity contribution is 5.36. The van der Waals surface area contributed by atoms with E-state index in [1.165, 1.54) is 43.6 Å². The highest BCUT2D eigenvalue weighted by Gasteiger charge is 2.26. The standard InChI is InChI=1S/C22H37N3O/c1-16(2)22(15-25-9-7-17(3)8-10-25)23-13-20-11-18-5-6-21(26)12-19(18)14-24(20)4/h5-6,12,16-17,20,22-23,26H,7-11,13-15H2,1-4H3/t20-,22-/m1/s1. The Morgan fingerprint density at radius 3 is 2.62 bits per heavy atom. The fourth-order valence-corrected chi connectivity index (χ4v) is 4.32. The third-order valence-corrected chi connectivity index (χ3v) is 6.44. The van der Waals surface area contributed by atoms with E-state index in [-0.39, 0.29) is 0 Å². The van der Waals surface area contributed by atoms with Gasteiger partial charge in [-0.1, -0.05) is 26.8 Å². The molecule has 2 heterocycles. The number of rotatable bonds is 6. The van der Waals surface area contributed by atoms with Crippen LogP contribution in [-0.2, 0) is 13.0 Å². The highest BCUT2D eigenvalue weighted by Crippen LogP contribution is 2.25. The Morgan fingerprint density at radius 1 is 1.19 bits per heavy atom. The van der Waals surface area contributed by atoms with Crippen LogP contribution in [0, 0.1) is 11.8 Å². The van der Waals surface area contributed by atoms with E-state index in [0.717, 1.165) is 25.4 Å². The number of hydrogen-bond acceptors (Lipinski definition) is 4. The minimum Gasteiger partial charge on any atom is -0.508 e. The van der Waals surface area contributed by atoms with Gasteiger partial charge < -0.3 is 15.3 Å². The van der Waals surface area contributed by atoms with Gasteiger partial charge in [0.15, 0.2) is 0 Å². The minimum absolute atomic E-state index is 0.379. The Hall–Kier alpha value is -1.10. The lowest BCUT2D eigenvalue weighted by molar-refractivity contribution is 0.150. The van der Waals surface area contributed by atoms with Crippen LogP contribution in [0.5, 0.6) is 5.75 Å². The van der Waals surface area contributed by atoms with Gasteiger partial charge >= 0.3 is 0 Å². The summed E-state index contributed by atoms with van der Waals surface area (Å²) in [6.07, 6.45) is 3.75. The van der Waals surface area contributed by atoms with Gasteiger partial charge in [0.05, 0.1) is 0 Å². The van der Waals surface area contributed by atoms with Crippen molar-refractivity contribution in [3.05, 3.63) is 29.3 Å². The molecule has 1 aromatic rings. The molecule has 0 saturated carbocycles. The second kappa shape index (κ2) is 8.73. The van der Waals surface area contributed by atoms with Crippen molar-refractivity contribution in [2.75, 3.05) is 33.2 Å². The first kappa shape index (κ1) is 19.7. The SMILES string of the molecule is CC1CCN(C[C@@H](NC[C@H]2Cc3ccc(O)cc3CN2C)C(C)C)CC1. The predicted octanol–water partition coefficient (Wildman–Crippen LogP) is 3.09. The van der Waals surface area contributed by atoms with Crippen molar-refractivity contribution < 1.29 is 5.11 Å². The normalized spacial score (nSPS) is 24.0. The van der Waals surface area contributed by atoms with E-state index in [0.29, 0.717) is 23.8 Å². The molecule has 1 fully saturated rings. The molecule has 1 aromatic carbocycles. The number of aromatic hydroxyl groups is 1. The zero-order valence-electron chi connectivity index (χ0n) is 17.0. The van der Waals surface area contributed by atoms with E-state index < -0.39 is 0 Å². The molecule has 0 unspecified atom stereocenters. The van der Waals surface area contributed by atoms with Gasteiger partial charge in [-0.2, -0.15) is 0 Å². The average molecular weight is 360 g/mol. The molecule has 4 nitrogen and oxygen atoms in total. The highest BCUT2D eigenvalue weighted by atomic mass is 16.3. The Balaban J connectivity index is 1.54. The van der Waals surface area contributed by atoms with Crippen LogP contribution in [0.25, 0.3) is 0 Å². The topological polar surface area (TPSA) is 38.7 Å². The van der Waals surface area contributed by atoms with Crippen LogP contribution in [-0.4, -0.2) is 60.2 Å². The van der Waals surface area contributed by atoms with Crippen molar-refractivity contribution in [3.8, 4) is 5.75 Å². The van der Waals surface area contributed by atoms with Gasteiger partial charge in [0.25, 0.3) is 0 Å². The van der Waals surface area contributed by atoms with Gasteiger partial charge in [0.1, 0.15) is 5.75 Å². The molecule has 4 heteroatoms. The van der Waals surface area contributed by atoms with Gasteiger partial charge in [-0.3, -0.25) is 4.90 Å². The van der Waals surface area contributed by atoms with E-state index in [4.69, 9.17) is 0 Å². The van der Waals surface area contributed by atoms with Crippen LogP contribution in [0.3, 0.4) is 0 Å². The van der Waals surface area contributed by atoms with Gasteiger partial charge in [0, 0.05) is 31.7 Å². The summed E-state index contributed by atoms with van der Waals surface area (Å²) in [5, 5.41) is 13.6. The summed E-state index contributed by atoms with van der Waals surface area (Å²) in [5.41, 5.74) is 2.66. The van der Waals surface area contributed by atoms with E-state index in [1.54, 1.807) is 0 Å². The summed E-state index contributed by atoms with van der Waals surface area (Å²) in [6.45, 7) is 12.7. The fourth-order valence-electron chi connectivity index (χ4n) is 4.32. The van der Waals surface area contributed by atoms with Crippen molar-refractivity contribution in [1.29, 1.82) is 0 Å². The number of likely N-dealkylation sites (tertiary alicyclic amines) is 1. The van der Waals surface area contributed by atoms with Crippen molar-refractivity contribution in [2.24, 2.45) is 11.8 Å². The van der Waals surface area contributed by atoms with Crippen LogP contribution in [0.15, 0.2) is 18.2 Å². The second-order valence-electron chi connectivity index (χ2n) is 8.97. The molecule has 2 aliphatic rings. The number of hydrogen-bond donors (Lipinski definition) is 2. The molecule has 0 radical (unpaired) electrons. The first-order valence-electron chi connectivity index (χ1n) is 10.4. The lowest BCUT2D eigenvalue weighted by Gasteiger charge is -2.38. The summed E-state index contributed by atoms with van der Waals surface area (Å²) in [6, 6.07) is 6.92. The Morgan fingerprint density at radius 2 is 1.92 bits per heavy atom. The third-order valence-electron chi connectivity index (χ3n) is 6.44. The lowest BCUT2D eigenvalue weighted by Crippen LogP contribution is -2.51. The van der Waals surface area contributed by atoms with Gasteiger partial charge in [-0.05, 0) is 74.5 Å². The van der Waals surface area contributed by atoms with Gasteiger partial charge in [0.2, 0.25) is 0 Å². The van der Waals surface area contributed by atoms with E-state index >= 15 is 0 Å². The number of likely N-dealkylation sites (N-methyl/N-ethyl adjacent to an activating group) is 1. The predicted molar refractivity (Wildman–Crippen MR) is 109 cm³/mol. The quantitative estimate of drug-likeness (QED) is 0.819. The fraction of sp³-hybridized carbons (Fsp3) is 0.727. The number of nitrogens with zero attached hydrogens (tertiary/aromatic N) is 2. The molecule has 0 amide bonds. The number of nitrogens with one attached hydrogen (secondary N) is 1. The molecule has 0 spiro atoms. The molecule has 3 rings (SSSR count). The van der Waals surface area contributed by atoms with Crippen molar-refractivity contribution in [1.82, 2.24) is 15.1 Å². The van der Waals surface area contributed by atoms with E-state index in [9.17, 15) is 5.11 Å². The van der Waals surface area contributed by atoms with E-state index in [2.05, 4.69) is 49.0 Å². The molecule has 0 bridgehead atoms. The van der Waals surface area contributed by atoms with Gasteiger partial charge in [-0.25, -0.2) is 0 Å². The monoisotopic (exact) mass is 359 g/mol. The number of piperidine rings is 1. The molecule has 2 N–H and O–H groups in total. The van der Waals surface area contributed by atoms with Crippen molar-refractivity contribution in [3.63, 3.8) is 0 Å². The summed E-state index contributed by atoms with van der Waals surface area (Å²) in [5.74, 6) is 1.92. The first-order chi connectivity index (χ1) is 12.4. The molecule has 0 aliphatic carbocycles. The first-order valence-corrected chi connectivity index (χ1v) is 10.4. The molecular weight excluding hydrogens is 322 g/mol. The zero-order chi connectivity index (χ0) is 18.7. The zero-order valence-corrected chi connectivity index (χ0v) is 17.0. The molecule has 146 valence electrons. The van der Waals surface area contributed by atoms with Gasteiger partial charge in [-0.15, -0.1) is 0 Å². The summed E-state index contributed by atoms with van der Waals surface area (Å²) < 4.78 is 0. The Bertz CT molecular complexity index is 581. The number of phenols is 1. The minimum atomic E-state index is 0.379. The summed E-state index contributed by atoms with van der Waals surface area (Å²) in [7, 11) is 2.20. The van der Waals surface area contributed by atoms with Crippen LogP contribution in [0.1, 0.15) is 44.7 Å². The summed E-state index contributed by atoms with van der Waals surface area (Å²) >= 11 is 0.